The lowest BCUT2D eigenvalue weighted by atomic mass is 10.1. The zero-order valence-electron chi connectivity index (χ0n) is 15.8. The van der Waals surface area contributed by atoms with Crippen LogP contribution in [0.3, 0.4) is 0 Å². The number of nitrogens with zero attached hydrogens (tertiary/aromatic N) is 4. The van der Waals surface area contributed by atoms with Crippen LogP contribution in [0.25, 0.3) is 11.3 Å². The Bertz CT molecular complexity index is 987. The monoisotopic (exact) mass is 374 g/mol. The molecule has 28 heavy (non-hydrogen) atoms. The Kier molecular flexibility index (Phi) is 6.06. The molecule has 1 aromatic heterocycles. The van der Waals surface area contributed by atoms with Crippen molar-refractivity contribution in [1.82, 2.24) is 15.3 Å². The minimum Gasteiger partial charge on any atom is -0.382 e. The van der Waals surface area contributed by atoms with Crippen LogP contribution in [0.4, 0.5) is 5.82 Å². The molecule has 1 atom stereocenters. The maximum Gasteiger partial charge on any atom is 0.251 e. The number of carbonyl (C=O) groups is 1. The Balaban J connectivity index is 1.81. The van der Waals surface area contributed by atoms with Gasteiger partial charge in [-0.3, -0.25) is 4.79 Å². The van der Waals surface area contributed by atoms with Crippen LogP contribution >= 0.6 is 0 Å². The third-order valence-electron chi connectivity index (χ3n) is 4.23. The van der Waals surface area contributed by atoms with E-state index in [1.807, 2.05) is 49.4 Å². The van der Waals surface area contributed by atoms with Gasteiger partial charge in [-0.25, -0.2) is 9.97 Å². The zero-order chi connectivity index (χ0) is 19.9. The van der Waals surface area contributed by atoms with Crippen LogP contribution < -0.4 is 11.1 Å². The number of hydrogen-bond acceptors (Lipinski definition) is 6. The van der Waals surface area contributed by atoms with Crippen molar-refractivity contribution in [3.8, 4) is 11.3 Å². The number of nitrogen functional groups attached to an aromatic ring is 1. The summed E-state index contributed by atoms with van der Waals surface area (Å²) >= 11 is 0. The first-order chi connectivity index (χ1) is 13.6. The second-order valence-corrected chi connectivity index (χ2v) is 6.27. The van der Waals surface area contributed by atoms with Gasteiger partial charge in [-0.15, -0.1) is 0 Å². The molecule has 2 aromatic carbocycles. The van der Waals surface area contributed by atoms with Gasteiger partial charge < -0.3 is 11.1 Å². The molecule has 0 spiro atoms. The maximum atomic E-state index is 12.5. The molecule has 7 nitrogen and oxygen atoms in total. The lowest BCUT2D eigenvalue weighted by Gasteiger charge is -2.10. The van der Waals surface area contributed by atoms with Gasteiger partial charge in [-0.05, 0) is 24.6 Å². The van der Waals surface area contributed by atoms with Gasteiger partial charge in [0.15, 0.2) is 0 Å². The van der Waals surface area contributed by atoms with Gasteiger partial charge in [-0.1, -0.05) is 42.5 Å². The normalized spacial score (nSPS) is 12.1. The van der Waals surface area contributed by atoms with E-state index in [2.05, 4.69) is 25.5 Å². The predicted octanol–water partition coefficient (Wildman–Crippen LogP) is 3.80. The van der Waals surface area contributed by atoms with E-state index in [-0.39, 0.29) is 11.9 Å². The summed E-state index contributed by atoms with van der Waals surface area (Å²) in [6.07, 6.45) is 1.59. The third-order valence-corrected chi connectivity index (χ3v) is 4.23. The number of anilines is 1. The number of carbonyl (C=O) groups excluding carboxylic acids is 1. The van der Waals surface area contributed by atoms with Crippen molar-refractivity contribution in [2.24, 2.45) is 10.2 Å². The van der Waals surface area contributed by atoms with Gasteiger partial charge in [0.25, 0.3) is 5.91 Å². The van der Waals surface area contributed by atoms with E-state index in [0.717, 1.165) is 11.1 Å². The topological polar surface area (TPSA) is 106 Å². The molecular formula is C21H22N6O. The van der Waals surface area contributed by atoms with Gasteiger partial charge >= 0.3 is 0 Å². The molecular weight excluding hydrogens is 352 g/mol. The highest BCUT2D eigenvalue weighted by atomic mass is 16.1. The van der Waals surface area contributed by atoms with Gasteiger partial charge in [0.1, 0.15) is 17.6 Å². The van der Waals surface area contributed by atoms with E-state index in [4.69, 9.17) is 5.73 Å². The first-order valence-electron chi connectivity index (χ1n) is 8.92. The number of amides is 1. The molecule has 0 radical (unpaired) electrons. The number of aromatic nitrogens is 2. The van der Waals surface area contributed by atoms with E-state index >= 15 is 0 Å². The molecule has 3 N–H and O–H groups in total. The largest absolute Gasteiger partial charge is 0.382 e. The molecule has 0 aliphatic carbocycles. The minimum absolute atomic E-state index is 0.150. The number of rotatable bonds is 6. The zero-order valence-corrected chi connectivity index (χ0v) is 15.8. The smallest absolute Gasteiger partial charge is 0.251 e. The molecule has 1 heterocycles. The van der Waals surface area contributed by atoms with Crippen molar-refractivity contribution in [2.45, 2.75) is 19.5 Å². The summed E-state index contributed by atoms with van der Waals surface area (Å²) in [5.41, 5.74) is 9.49. The SMILES string of the molecule is CN=NC(C)c1nc(-c2cccc(C(=O)NCc3ccccc3)c2)cnc1N. The average molecular weight is 374 g/mol. The number of hydrogen-bond donors (Lipinski definition) is 2. The molecule has 142 valence electrons. The summed E-state index contributed by atoms with van der Waals surface area (Å²) in [6, 6.07) is 16.7. The van der Waals surface area contributed by atoms with Gasteiger partial charge in [0.05, 0.1) is 11.9 Å². The number of azo groups is 1. The van der Waals surface area contributed by atoms with Crippen molar-refractivity contribution in [2.75, 3.05) is 12.8 Å². The lowest BCUT2D eigenvalue weighted by Crippen LogP contribution is -2.22. The van der Waals surface area contributed by atoms with Crippen molar-refractivity contribution in [1.29, 1.82) is 0 Å². The fourth-order valence-electron chi connectivity index (χ4n) is 2.79. The summed E-state index contributed by atoms with van der Waals surface area (Å²) in [4.78, 5) is 21.3. The molecule has 7 heteroatoms. The quantitative estimate of drug-likeness (QED) is 0.640. The van der Waals surface area contributed by atoms with Crippen LogP contribution in [0.2, 0.25) is 0 Å². The third kappa shape index (κ3) is 4.56. The van der Waals surface area contributed by atoms with Gasteiger partial charge in [0, 0.05) is 24.7 Å². The molecule has 1 unspecified atom stereocenters. The molecule has 0 saturated heterocycles. The Morgan fingerprint density at radius 2 is 1.96 bits per heavy atom. The number of benzene rings is 2. The van der Waals surface area contributed by atoms with Crippen molar-refractivity contribution in [3.05, 3.63) is 77.6 Å². The second kappa shape index (κ2) is 8.85. The first kappa shape index (κ1) is 19.2. The molecule has 0 fully saturated rings. The summed E-state index contributed by atoms with van der Waals surface area (Å²) in [5.74, 6) is 0.169. The van der Waals surface area contributed by atoms with Crippen LogP contribution in [0, 0.1) is 0 Å². The highest BCUT2D eigenvalue weighted by Gasteiger charge is 2.14. The van der Waals surface area contributed by atoms with Crippen molar-refractivity contribution < 1.29 is 4.79 Å². The van der Waals surface area contributed by atoms with Crippen molar-refractivity contribution in [3.63, 3.8) is 0 Å². The van der Waals surface area contributed by atoms with E-state index < -0.39 is 0 Å². The van der Waals surface area contributed by atoms with E-state index in [1.165, 1.54) is 0 Å². The van der Waals surface area contributed by atoms with Crippen LogP contribution in [-0.2, 0) is 6.54 Å². The number of nitrogens with two attached hydrogens (primary N) is 1. The fourth-order valence-corrected chi connectivity index (χ4v) is 2.79. The number of nitrogens with one attached hydrogen (secondary N) is 1. The molecule has 0 aliphatic rings. The lowest BCUT2D eigenvalue weighted by molar-refractivity contribution is 0.0951. The van der Waals surface area contributed by atoms with Crippen LogP contribution in [0.15, 0.2) is 71.0 Å². The summed E-state index contributed by atoms with van der Waals surface area (Å²) < 4.78 is 0. The summed E-state index contributed by atoms with van der Waals surface area (Å²) in [7, 11) is 1.60. The first-order valence-corrected chi connectivity index (χ1v) is 8.92. The molecule has 0 saturated carbocycles. The molecule has 3 rings (SSSR count). The highest BCUT2D eigenvalue weighted by Crippen LogP contribution is 2.24. The Hall–Kier alpha value is -3.61. The average Bonchev–Trinajstić information content (AvgIpc) is 2.73. The minimum atomic E-state index is -0.296. The fraction of sp³-hybridized carbons (Fsp3) is 0.190. The maximum absolute atomic E-state index is 12.5. The highest BCUT2D eigenvalue weighted by molar-refractivity contribution is 5.95. The van der Waals surface area contributed by atoms with Gasteiger partial charge in [0.2, 0.25) is 0 Å². The van der Waals surface area contributed by atoms with E-state index in [0.29, 0.717) is 29.3 Å². The van der Waals surface area contributed by atoms with E-state index in [9.17, 15) is 4.79 Å². The predicted molar refractivity (Wildman–Crippen MR) is 109 cm³/mol. The summed E-state index contributed by atoms with van der Waals surface area (Å²) in [5, 5.41) is 10.8. The van der Waals surface area contributed by atoms with E-state index in [1.54, 1.807) is 25.4 Å². The molecule has 3 aromatic rings. The van der Waals surface area contributed by atoms with Gasteiger partial charge in [-0.2, -0.15) is 10.2 Å². The second-order valence-electron chi connectivity index (χ2n) is 6.27. The standard InChI is InChI=1S/C21H22N6O/c1-14(27-23-2)19-20(22)24-13-18(26-19)16-9-6-10-17(11-16)21(28)25-12-15-7-4-3-5-8-15/h3-11,13-14H,12H2,1-2H3,(H2,22,24)(H,25,28). The molecule has 1 amide bonds. The summed E-state index contributed by atoms with van der Waals surface area (Å²) in [6.45, 7) is 2.32. The van der Waals surface area contributed by atoms with Crippen LogP contribution in [-0.4, -0.2) is 22.9 Å². The van der Waals surface area contributed by atoms with Crippen LogP contribution in [0.5, 0.6) is 0 Å². The van der Waals surface area contributed by atoms with Crippen molar-refractivity contribution >= 4 is 11.7 Å². The Morgan fingerprint density at radius 1 is 1.18 bits per heavy atom. The molecule has 0 aliphatic heterocycles. The Labute approximate surface area is 163 Å². The molecule has 0 bridgehead atoms. The Morgan fingerprint density at radius 3 is 2.71 bits per heavy atom. The van der Waals surface area contributed by atoms with Crippen LogP contribution in [0.1, 0.15) is 34.6 Å².